The molecule has 25 heavy (non-hydrogen) atoms. The molecule has 0 amide bonds. The molecule has 0 aliphatic carbocycles. The second kappa shape index (κ2) is 6.33. The molecule has 0 unspecified atom stereocenters. The van der Waals surface area contributed by atoms with E-state index in [9.17, 15) is 5.11 Å². The third-order valence-electron chi connectivity index (χ3n) is 4.08. The molecule has 8 nitrogen and oxygen atoms in total. The summed E-state index contributed by atoms with van der Waals surface area (Å²) in [6.07, 6.45) is 4.89. The minimum Gasteiger partial charge on any atom is -0.390 e. The van der Waals surface area contributed by atoms with Gasteiger partial charge in [-0.1, -0.05) is 24.3 Å². The first-order valence-electron chi connectivity index (χ1n) is 7.87. The van der Waals surface area contributed by atoms with Crippen molar-refractivity contribution < 1.29 is 5.11 Å². The van der Waals surface area contributed by atoms with Crippen molar-refractivity contribution >= 4 is 22.6 Å². The van der Waals surface area contributed by atoms with Gasteiger partial charge in [-0.2, -0.15) is 10.2 Å². The van der Waals surface area contributed by atoms with E-state index in [1.165, 1.54) is 4.80 Å². The van der Waals surface area contributed by atoms with Crippen molar-refractivity contribution in [3.05, 3.63) is 60.2 Å². The third kappa shape index (κ3) is 2.83. The molecule has 3 heterocycles. The highest BCUT2D eigenvalue weighted by Gasteiger charge is 2.23. The molecule has 0 fully saturated rings. The number of aromatic nitrogens is 4. The fraction of sp³-hybridized carbons (Fsp3) is 0.176. The van der Waals surface area contributed by atoms with E-state index in [1.807, 2.05) is 35.2 Å². The van der Waals surface area contributed by atoms with Gasteiger partial charge in [-0.3, -0.25) is 4.98 Å². The normalized spacial score (nSPS) is 14.9. The summed E-state index contributed by atoms with van der Waals surface area (Å²) in [5.41, 5.74) is 8.62. The Kier molecular flexibility index (Phi) is 3.87. The molecule has 0 saturated carbocycles. The van der Waals surface area contributed by atoms with Gasteiger partial charge in [0.25, 0.3) is 0 Å². The molecule has 0 bridgehead atoms. The summed E-state index contributed by atoms with van der Waals surface area (Å²) in [4.78, 5) is 12.2. The number of para-hydroxylation sites is 1. The molecule has 8 heteroatoms. The van der Waals surface area contributed by atoms with Crippen LogP contribution >= 0.6 is 0 Å². The summed E-state index contributed by atoms with van der Waals surface area (Å²) >= 11 is 0. The number of pyridine rings is 1. The van der Waals surface area contributed by atoms with Gasteiger partial charge in [-0.25, -0.2) is 4.99 Å². The lowest BCUT2D eigenvalue weighted by Crippen LogP contribution is -2.38. The van der Waals surface area contributed by atoms with Crippen molar-refractivity contribution in [3.8, 4) is 0 Å². The second-order valence-corrected chi connectivity index (χ2v) is 5.70. The van der Waals surface area contributed by atoms with Gasteiger partial charge in [-0.05, 0) is 11.6 Å². The quantitative estimate of drug-likeness (QED) is 0.731. The maximum atomic E-state index is 9.91. The van der Waals surface area contributed by atoms with Gasteiger partial charge in [-0.15, -0.1) is 4.80 Å². The summed E-state index contributed by atoms with van der Waals surface area (Å²) in [6, 6.07) is 9.99. The Hall–Kier alpha value is -3.26. The van der Waals surface area contributed by atoms with E-state index in [1.54, 1.807) is 18.6 Å². The lowest BCUT2D eigenvalue weighted by atomic mass is 10.1. The van der Waals surface area contributed by atoms with Gasteiger partial charge in [0.05, 0.1) is 36.8 Å². The van der Waals surface area contributed by atoms with Crippen LogP contribution in [0.1, 0.15) is 5.56 Å². The van der Waals surface area contributed by atoms with Crippen molar-refractivity contribution in [2.75, 3.05) is 13.2 Å². The number of benzene rings is 1. The van der Waals surface area contributed by atoms with Crippen LogP contribution in [0.5, 0.6) is 0 Å². The molecular formula is C17H17N7O. The molecule has 3 N–H and O–H groups in total. The van der Waals surface area contributed by atoms with E-state index in [0.717, 1.165) is 16.5 Å². The first-order valence-corrected chi connectivity index (χ1v) is 7.87. The molecule has 4 rings (SSSR count). The number of amidine groups is 1. The summed E-state index contributed by atoms with van der Waals surface area (Å²) in [6.45, 7) is 0.779. The Morgan fingerprint density at radius 1 is 1.08 bits per heavy atom. The molecule has 0 spiro atoms. The van der Waals surface area contributed by atoms with E-state index in [2.05, 4.69) is 20.2 Å². The SMILES string of the molecule is NC1=NC(n2nccn2)=C(CO)N(Cc2cccc3cccnc23)C1. The number of fused-ring (bicyclic) bond motifs is 1. The number of aliphatic hydroxyl groups is 1. The summed E-state index contributed by atoms with van der Waals surface area (Å²) in [7, 11) is 0. The summed E-state index contributed by atoms with van der Waals surface area (Å²) < 4.78 is 0. The fourth-order valence-corrected chi connectivity index (χ4v) is 2.98. The van der Waals surface area contributed by atoms with Crippen LogP contribution in [-0.4, -0.2) is 49.0 Å². The molecular weight excluding hydrogens is 318 g/mol. The van der Waals surface area contributed by atoms with Crippen molar-refractivity contribution in [1.82, 2.24) is 24.9 Å². The number of aliphatic imine (C=N–C) groups is 1. The fourth-order valence-electron chi connectivity index (χ4n) is 2.98. The lowest BCUT2D eigenvalue weighted by molar-refractivity contribution is 0.259. The highest BCUT2D eigenvalue weighted by molar-refractivity contribution is 5.88. The van der Waals surface area contributed by atoms with Gasteiger partial charge >= 0.3 is 0 Å². The molecule has 1 aliphatic rings. The molecule has 126 valence electrons. The standard InChI is InChI=1S/C17H17N7O/c18-15-10-23(14(11-25)17(22-15)24-20-7-8-21-24)9-13-4-1-3-12-5-2-6-19-16(12)13/h1-8,25H,9-11H2,(H2,18,22). The Labute approximate surface area is 143 Å². The first-order chi connectivity index (χ1) is 12.3. The van der Waals surface area contributed by atoms with Crippen LogP contribution in [-0.2, 0) is 6.54 Å². The van der Waals surface area contributed by atoms with Crippen LogP contribution in [0.25, 0.3) is 16.7 Å². The lowest BCUT2D eigenvalue weighted by Gasteiger charge is -2.30. The van der Waals surface area contributed by atoms with Crippen LogP contribution in [0.4, 0.5) is 0 Å². The molecule has 3 aromatic rings. The minimum atomic E-state index is -0.189. The predicted octanol–water partition coefficient (Wildman–Crippen LogP) is 0.818. The van der Waals surface area contributed by atoms with Gasteiger partial charge < -0.3 is 15.7 Å². The van der Waals surface area contributed by atoms with Crippen LogP contribution in [0.3, 0.4) is 0 Å². The number of nitrogens with two attached hydrogens (primary N) is 1. The first kappa shape index (κ1) is 15.3. The Bertz CT molecular complexity index is 957. The van der Waals surface area contributed by atoms with E-state index >= 15 is 0 Å². The van der Waals surface area contributed by atoms with Crippen LogP contribution < -0.4 is 5.73 Å². The van der Waals surface area contributed by atoms with Crippen molar-refractivity contribution in [3.63, 3.8) is 0 Å². The average molecular weight is 335 g/mol. The highest BCUT2D eigenvalue weighted by Crippen LogP contribution is 2.24. The number of nitrogens with zero attached hydrogens (tertiary/aromatic N) is 6. The molecule has 0 radical (unpaired) electrons. The molecule has 0 saturated heterocycles. The molecule has 2 aromatic heterocycles. The average Bonchev–Trinajstić information content (AvgIpc) is 3.16. The van der Waals surface area contributed by atoms with Crippen LogP contribution in [0, 0.1) is 0 Å². The predicted molar refractivity (Wildman–Crippen MR) is 94.1 cm³/mol. The molecule has 0 atom stereocenters. The number of hydrogen-bond acceptors (Lipinski definition) is 7. The van der Waals surface area contributed by atoms with Gasteiger partial charge in [0.1, 0.15) is 5.84 Å². The van der Waals surface area contributed by atoms with Gasteiger partial charge in [0.15, 0.2) is 5.82 Å². The molecule has 1 aliphatic heterocycles. The monoisotopic (exact) mass is 335 g/mol. The molecule has 1 aromatic carbocycles. The smallest absolute Gasteiger partial charge is 0.197 e. The third-order valence-corrected chi connectivity index (χ3v) is 4.08. The Balaban J connectivity index is 1.75. The van der Waals surface area contributed by atoms with Crippen LogP contribution in [0.2, 0.25) is 0 Å². The van der Waals surface area contributed by atoms with Crippen molar-refractivity contribution in [2.45, 2.75) is 6.54 Å². The Morgan fingerprint density at radius 3 is 2.68 bits per heavy atom. The van der Waals surface area contributed by atoms with Gasteiger partial charge in [0, 0.05) is 18.1 Å². The van der Waals surface area contributed by atoms with Crippen LogP contribution in [0.15, 0.2) is 59.6 Å². The zero-order valence-corrected chi connectivity index (χ0v) is 13.4. The number of rotatable bonds is 4. The van der Waals surface area contributed by atoms with E-state index in [0.29, 0.717) is 30.4 Å². The maximum Gasteiger partial charge on any atom is 0.197 e. The zero-order valence-electron chi connectivity index (χ0n) is 13.4. The van der Waals surface area contributed by atoms with Crippen molar-refractivity contribution in [2.24, 2.45) is 10.7 Å². The summed E-state index contributed by atoms with van der Waals surface area (Å²) in [5, 5.41) is 19.2. The second-order valence-electron chi connectivity index (χ2n) is 5.70. The van der Waals surface area contributed by atoms with E-state index in [4.69, 9.17) is 5.73 Å². The topological polar surface area (TPSA) is 105 Å². The Morgan fingerprint density at radius 2 is 1.88 bits per heavy atom. The van der Waals surface area contributed by atoms with E-state index < -0.39 is 0 Å². The minimum absolute atomic E-state index is 0.189. The van der Waals surface area contributed by atoms with E-state index in [-0.39, 0.29) is 6.61 Å². The summed E-state index contributed by atoms with van der Waals surface area (Å²) in [5.74, 6) is 0.877. The largest absolute Gasteiger partial charge is 0.390 e. The number of hydrogen-bond donors (Lipinski definition) is 2. The van der Waals surface area contributed by atoms with Gasteiger partial charge in [0.2, 0.25) is 0 Å². The highest BCUT2D eigenvalue weighted by atomic mass is 16.3. The maximum absolute atomic E-state index is 9.91. The zero-order chi connectivity index (χ0) is 17.2. The number of aliphatic hydroxyl groups excluding tert-OH is 1. The van der Waals surface area contributed by atoms with Crippen molar-refractivity contribution in [1.29, 1.82) is 0 Å².